The Hall–Kier alpha value is -0.980. The summed E-state index contributed by atoms with van der Waals surface area (Å²) in [6.45, 7) is 4.01. The van der Waals surface area contributed by atoms with E-state index in [1.807, 2.05) is 7.05 Å². The van der Waals surface area contributed by atoms with Crippen LogP contribution < -0.4 is 0 Å². The maximum atomic E-state index is 9.02. The molecule has 0 spiro atoms. The number of aliphatic hydroxyl groups excluding tert-OH is 1. The first-order valence-corrected chi connectivity index (χ1v) is 9.10. The fraction of sp³-hybridized carbons (Fsp3) is 0.882. The molecular formula is C17H31N5O. The molecule has 1 saturated carbocycles. The molecule has 1 N–H and O–H groups in total. The van der Waals surface area contributed by atoms with Gasteiger partial charge in [-0.1, -0.05) is 12.8 Å². The number of aliphatic hydroxyl groups is 1. The minimum atomic E-state index is 0.181. The van der Waals surface area contributed by atoms with Crippen LogP contribution in [0.3, 0.4) is 0 Å². The van der Waals surface area contributed by atoms with Crippen molar-refractivity contribution >= 4 is 0 Å². The second-order valence-electron chi connectivity index (χ2n) is 7.24. The third kappa shape index (κ3) is 3.92. The standard InChI is InChI=1S/C17H31N5O/c1-20(11-12-23)13-16-18-19-17(21(16)2)14-7-9-22(10-8-14)15-5-3-4-6-15/h14-15,23H,3-13H2,1-2H3. The summed E-state index contributed by atoms with van der Waals surface area (Å²) in [6.07, 6.45) is 8.03. The van der Waals surface area contributed by atoms with Crippen molar-refractivity contribution in [3.05, 3.63) is 11.6 Å². The quantitative estimate of drug-likeness (QED) is 0.857. The van der Waals surface area contributed by atoms with Gasteiger partial charge in [0.1, 0.15) is 11.6 Å². The molecule has 0 amide bonds. The zero-order chi connectivity index (χ0) is 16.2. The summed E-state index contributed by atoms with van der Waals surface area (Å²) in [5, 5.41) is 17.9. The van der Waals surface area contributed by atoms with E-state index >= 15 is 0 Å². The summed E-state index contributed by atoms with van der Waals surface area (Å²) in [5.41, 5.74) is 0. The molecule has 2 fully saturated rings. The molecule has 130 valence electrons. The average molecular weight is 321 g/mol. The second-order valence-corrected chi connectivity index (χ2v) is 7.24. The van der Waals surface area contributed by atoms with Crippen molar-refractivity contribution in [2.45, 2.75) is 57.0 Å². The van der Waals surface area contributed by atoms with Crippen LogP contribution in [-0.4, -0.2) is 69.0 Å². The van der Waals surface area contributed by atoms with Gasteiger partial charge in [-0.05, 0) is 45.8 Å². The van der Waals surface area contributed by atoms with Gasteiger partial charge in [0.25, 0.3) is 0 Å². The van der Waals surface area contributed by atoms with Crippen LogP contribution in [0.2, 0.25) is 0 Å². The predicted octanol–water partition coefficient (Wildman–Crippen LogP) is 1.36. The molecule has 0 radical (unpaired) electrons. The molecule has 3 rings (SSSR count). The Labute approximate surface area is 139 Å². The van der Waals surface area contributed by atoms with Gasteiger partial charge in [-0.15, -0.1) is 10.2 Å². The molecule has 0 unspecified atom stereocenters. The van der Waals surface area contributed by atoms with Crippen LogP contribution in [0.4, 0.5) is 0 Å². The van der Waals surface area contributed by atoms with E-state index in [0.29, 0.717) is 12.5 Å². The van der Waals surface area contributed by atoms with E-state index < -0.39 is 0 Å². The molecule has 0 atom stereocenters. The summed E-state index contributed by atoms with van der Waals surface area (Å²) in [4.78, 5) is 4.78. The fourth-order valence-electron chi connectivity index (χ4n) is 4.15. The zero-order valence-corrected chi connectivity index (χ0v) is 14.6. The Bertz CT molecular complexity index is 489. The van der Waals surface area contributed by atoms with Crippen LogP contribution in [0, 0.1) is 0 Å². The highest BCUT2D eigenvalue weighted by Crippen LogP contribution is 2.31. The summed E-state index contributed by atoms with van der Waals surface area (Å²) in [7, 11) is 4.09. The van der Waals surface area contributed by atoms with Gasteiger partial charge in [0.05, 0.1) is 13.2 Å². The maximum Gasteiger partial charge on any atom is 0.146 e. The number of hydrogen-bond acceptors (Lipinski definition) is 5. The van der Waals surface area contributed by atoms with E-state index in [1.54, 1.807) is 0 Å². The first-order valence-electron chi connectivity index (χ1n) is 9.10. The largest absolute Gasteiger partial charge is 0.395 e. The minimum absolute atomic E-state index is 0.181. The number of nitrogens with zero attached hydrogens (tertiary/aromatic N) is 5. The lowest BCUT2D eigenvalue weighted by molar-refractivity contribution is 0.151. The van der Waals surface area contributed by atoms with Crippen LogP contribution in [0.15, 0.2) is 0 Å². The zero-order valence-electron chi connectivity index (χ0n) is 14.6. The highest BCUT2D eigenvalue weighted by molar-refractivity contribution is 5.03. The highest BCUT2D eigenvalue weighted by Gasteiger charge is 2.29. The SMILES string of the molecule is CN(CCO)Cc1nnc(C2CCN(C3CCCC3)CC2)n1C. The van der Waals surface area contributed by atoms with E-state index in [4.69, 9.17) is 5.11 Å². The van der Waals surface area contributed by atoms with Gasteiger partial charge < -0.3 is 14.6 Å². The van der Waals surface area contributed by atoms with Gasteiger partial charge in [-0.3, -0.25) is 4.90 Å². The Morgan fingerprint density at radius 3 is 2.48 bits per heavy atom. The Morgan fingerprint density at radius 1 is 1.13 bits per heavy atom. The molecule has 2 aliphatic rings. The van der Waals surface area contributed by atoms with Gasteiger partial charge in [0.15, 0.2) is 0 Å². The van der Waals surface area contributed by atoms with Crippen LogP contribution in [0.25, 0.3) is 0 Å². The van der Waals surface area contributed by atoms with Crippen molar-refractivity contribution in [3.8, 4) is 0 Å². The number of likely N-dealkylation sites (N-methyl/N-ethyl adjacent to an activating group) is 1. The lowest BCUT2D eigenvalue weighted by Gasteiger charge is -2.35. The van der Waals surface area contributed by atoms with Crippen molar-refractivity contribution < 1.29 is 5.11 Å². The first kappa shape index (κ1) is 16.9. The van der Waals surface area contributed by atoms with Gasteiger partial charge in [-0.25, -0.2) is 0 Å². The monoisotopic (exact) mass is 321 g/mol. The lowest BCUT2D eigenvalue weighted by Crippen LogP contribution is -2.39. The van der Waals surface area contributed by atoms with Crippen LogP contribution in [-0.2, 0) is 13.6 Å². The average Bonchev–Trinajstić information content (AvgIpc) is 3.19. The van der Waals surface area contributed by atoms with Crippen molar-refractivity contribution in [3.63, 3.8) is 0 Å². The Balaban J connectivity index is 1.57. The highest BCUT2D eigenvalue weighted by atomic mass is 16.3. The van der Waals surface area contributed by atoms with Gasteiger partial charge in [0, 0.05) is 25.6 Å². The number of aromatic nitrogens is 3. The molecule has 6 heteroatoms. The van der Waals surface area contributed by atoms with E-state index in [0.717, 1.165) is 24.2 Å². The normalized spacial score (nSPS) is 21.6. The van der Waals surface area contributed by atoms with Crippen LogP contribution in [0.5, 0.6) is 0 Å². The summed E-state index contributed by atoms with van der Waals surface area (Å²) < 4.78 is 2.17. The van der Waals surface area contributed by atoms with Crippen molar-refractivity contribution in [2.75, 3.05) is 33.3 Å². The van der Waals surface area contributed by atoms with Gasteiger partial charge in [-0.2, -0.15) is 0 Å². The first-order chi connectivity index (χ1) is 11.2. The molecule has 1 aromatic rings. The van der Waals surface area contributed by atoms with E-state index in [1.165, 1.54) is 51.6 Å². The minimum Gasteiger partial charge on any atom is -0.395 e. The number of rotatable bonds is 6. The third-order valence-electron chi connectivity index (χ3n) is 5.63. The molecule has 2 heterocycles. The molecule has 0 bridgehead atoms. The fourth-order valence-corrected chi connectivity index (χ4v) is 4.15. The summed E-state index contributed by atoms with van der Waals surface area (Å²) in [6, 6.07) is 0.845. The van der Waals surface area contributed by atoms with E-state index in [2.05, 4.69) is 31.6 Å². The Kier molecular flexibility index (Phi) is 5.67. The van der Waals surface area contributed by atoms with Crippen molar-refractivity contribution in [2.24, 2.45) is 7.05 Å². The number of likely N-dealkylation sites (tertiary alicyclic amines) is 1. The van der Waals surface area contributed by atoms with Crippen molar-refractivity contribution in [1.29, 1.82) is 0 Å². The van der Waals surface area contributed by atoms with E-state index in [9.17, 15) is 0 Å². The molecule has 0 aromatic carbocycles. The second kappa shape index (κ2) is 7.73. The number of piperidine rings is 1. The summed E-state index contributed by atoms with van der Waals surface area (Å²) >= 11 is 0. The molecule has 1 aliphatic heterocycles. The van der Waals surface area contributed by atoms with E-state index in [-0.39, 0.29) is 6.61 Å². The number of hydrogen-bond donors (Lipinski definition) is 1. The van der Waals surface area contributed by atoms with Crippen LogP contribution >= 0.6 is 0 Å². The molecular weight excluding hydrogens is 290 g/mol. The predicted molar refractivity (Wildman–Crippen MR) is 90.2 cm³/mol. The van der Waals surface area contributed by atoms with Crippen LogP contribution in [0.1, 0.15) is 56.1 Å². The Morgan fingerprint density at radius 2 is 1.83 bits per heavy atom. The lowest BCUT2D eigenvalue weighted by atomic mass is 9.94. The molecule has 1 aliphatic carbocycles. The topological polar surface area (TPSA) is 57.4 Å². The van der Waals surface area contributed by atoms with Crippen molar-refractivity contribution in [1.82, 2.24) is 24.6 Å². The molecule has 1 saturated heterocycles. The molecule has 1 aromatic heterocycles. The maximum absolute atomic E-state index is 9.02. The van der Waals surface area contributed by atoms with Gasteiger partial charge in [0.2, 0.25) is 0 Å². The van der Waals surface area contributed by atoms with Gasteiger partial charge >= 0.3 is 0 Å². The summed E-state index contributed by atoms with van der Waals surface area (Å²) in [5.74, 6) is 2.68. The smallest absolute Gasteiger partial charge is 0.146 e. The third-order valence-corrected chi connectivity index (χ3v) is 5.63. The molecule has 23 heavy (non-hydrogen) atoms. The molecule has 6 nitrogen and oxygen atoms in total.